The molecule has 1 amide bonds. The maximum atomic E-state index is 12.6. The van der Waals surface area contributed by atoms with E-state index in [1.807, 2.05) is 66.4 Å². The van der Waals surface area contributed by atoms with Crippen molar-refractivity contribution in [3.05, 3.63) is 71.3 Å². The fourth-order valence-corrected chi connectivity index (χ4v) is 3.37. The quantitative estimate of drug-likeness (QED) is 0.793. The minimum atomic E-state index is -0.742. The molecule has 2 heterocycles. The highest BCUT2D eigenvalue weighted by molar-refractivity contribution is 6.00. The zero-order valence-corrected chi connectivity index (χ0v) is 11.2. The van der Waals surface area contributed by atoms with Gasteiger partial charge in [-0.15, -0.1) is 0 Å². The predicted molar refractivity (Wildman–Crippen MR) is 75.2 cm³/mol. The molecule has 3 heteroatoms. The molecule has 3 nitrogen and oxygen atoms in total. The van der Waals surface area contributed by atoms with Crippen molar-refractivity contribution in [2.75, 3.05) is 6.54 Å². The second kappa shape index (κ2) is 3.93. The highest BCUT2D eigenvalue weighted by Gasteiger charge is 2.56. The Labute approximate surface area is 117 Å². The van der Waals surface area contributed by atoms with E-state index >= 15 is 0 Å². The van der Waals surface area contributed by atoms with Gasteiger partial charge in [0.2, 0.25) is 0 Å². The first kappa shape index (κ1) is 11.7. The van der Waals surface area contributed by atoms with Gasteiger partial charge >= 0.3 is 0 Å². The van der Waals surface area contributed by atoms with Gasteiger partial charge in [0.05, 0.1) is 12.6 Å². The van der Waals surface area contributed by atoms with Crippen LogP contribution in [-0.4, -0.2) is 23.5 Å². The van der Waals surface area contributed by atoms with E-state index in [1.54, 1.807) is 0 Å². The van der Waals surface area contributed by atoms with Gasteiger partial charge in [0.25, 0.3) is 5.91 Å². The molecular formula is C17H15NO2. The molecule has 1 fully saturated rings. The van der Waals surface area contributed by atoms with Gasteiger partial charge in [-0.25, -0.2) is 0 Å². The third kappa shape index (κ3) is 1.30. The van der Waals surface area contributed by atoms with Crippen LogP contribution in [0.1, 0.15) is 28.4 Å². The number of hydrogen-bond donors (Lipinski definition) is 0. The highest BCUT2D eigenvalue weighted by atomic mass is 16.5. The topological polar surface area (TPSA) is 29.5 Å². The van der Waals surface area contributed by atoms with Gasteiger partial charge in [-0.2, -0.15) is 0 Å². The van der Waals surface area contributed by atoms with E-state index in [2.05, 4.69) is 0 Å². The van der Waals surface area contributed by atoms with Gasteiger partial charge in [-0.05, 0) is 13.0 Å². The van der Waals surface area contributed by atoms with Gasteiger partial charge in [0.1, 0.15) is 0 Å². The lowest BCUT2D eigenvalue weighted by Crippen LogP contribution is -2.40. The molecule has 1 unspecified atom stereocenters. The number of hydrogen-bond acceptors (Lipinski definition) is 2. The Morgan fingerprint density at radius 2 is 1.80 bits per heavy atom. The zero-order chi connectivity index (χ0) is 13.7. The molecule has 2 aromatic carbocycles. The van der Waals surface area contributed by atoms with Crippen molar-refractivity contribution < 1.29 is 9.53 Å². The standard InChI is InChI=1S/C17H15NO2/c1-12-11-18-16(19)14-9-5-6-10-15(14)17(18,20-12)13-7-3-2-4-8-13/h2-10,12H,11H2,1H3/t12-,17?/m1/s1. The molecule has 4 rings (SSSR count). The number of fused-ring (bicyclic) bond motifs is 3. The molecule has 2 atom stereocenters. The van der Waals surface area contributed by atoms with Crippen LogP contribution in [0, 0.1) is 0 Å². The maximum Gasteiger partial charge on any atom is 0.257 e. The average molecular weight is 265 g/mol. The predicted octanol–water partition coefficient (Wildman–Crippen LogP) is 2.76. The normalized spacial score (nSPS) is 27.6. The van der Waals surface area contributed by atoms with Crippen LogP contribution in [0.5, 0.6) is 0 Å². The summed E-state index contributed by atoms with van der Waals surface area (Å²) in [6, 6.07) is 17.8. The Morgan fingerprint density at radius 1 is 1.10 bits per heavy atom. The fourth-order valence-electron chi connectivity index (χ4n) is 3.37. The van der Waals surface area contributed by atoms with E-state index in [0.717, 1.165) is 16.7 Å². The van der Waals surface area contributed by atoms with E-state index in [1.165, 1.54) is 0 Å². The summed E-state index contributed by atoms with van der Waals surface area (Å²) in [7, 11) is 0. The fraction of sp³-hybridized carbons (Fsp3) is 0.235. The van der Waals surface area contributed by atoms with Crippen LogP contribution < -0.4 is 0 Å². The van der Waals surface area contributed by atoms with Crippen molar-refractivity contribution in [1.82, 2.24) is 4.90 Å². The van der Waals surface area contributed by atoms with E-state index < -0.39 is 5.72 Å². The number of carbonyl (C=O) groups is 1. The van der Waals surface area contributed by atoms with Crippen molar-refractivity contribution in [2.45, 2.75) is 18.8 Å². The summed E-state index contributed by atoms with van der Waals surface area (Å²) in [6.07, 6.45) is 0.0347. The van der Waals surface area contributed by atoms with Crippen LogP contribution in [0.15, 0.2) is 54.6 Å². The number of nitrogens with zero attached hydrogens (tertiary/aromatic N) is 1. The van der Waals surface area contributed by atoms with Crippen LogP contribution in [-0.2, 0) is 10.5 Å². The van der Waals surface area contributed by atoms with Crippen molar-refractivity contribution >= 4 is 5.91 Å². The number of ether oxygens (including phenoxy) is 1. The van der Waals surface area contributed by atoms with Crippen LogP contribution in [0.25, 0.3) is 0 Å². The first-order chi connectivity index (χ1) is 9.73. The molecule has 2 aliphatic rings. The Morgan fingerprint density at radius 3 is 2.60 bits per heavy atom. The van der Waals surface area contributed by atoms with E-state index in [-0.39, 0.29) is 12.0 Å². The van der Waals surface area contributed by atoms with E-state index in [4.69, 9.17) is 4.74 Å². The summed E-state index contributed by atoms with van der Waals surface area (Å²) in [5.41, 5.74) is 1.99. The van der Waals surface area contributed by atoms with Crippen molar-refractivity contribution in [3.63, 3.8) is 0 Å². The van der Waals surface area contributed by atoms with Crippen LogP contribution in [0.3, 0.4) is 0 Å². The molecule has 20 heavy (non-hydrogen) atoms. The second-order valence-electron chi connectivity index (χ2n) is 5.40. The molecule has 0 radical (unpaired) electrons. The maximum absolute atomic E-state index is 12.6. The molecular weight excluding hydrogens is 250 g/mol. The summed E-state index contributed by atoms with van der Waals surface area (Å²) in [5.74, 6) is 0.0637. The van der Waals surface area contributed by atoms with Crippen molar-refractivity contribution in [2.24, 2.45) is 0 Å². The van der Waals surface area contributed by atoms with E-state index in [0.29, 0.717) is 6.54 Å². The second-order valence-corrected chi connectivity index (χ2v) is 5.40. The minimum Gasteiger partial charge on any atom is -0.342 e. The van der Waals surface area contributed by atoms with E-state index in [9.17, 15) is 4.79 Å². The van der Waals surface area contributed by atoms with Crippen molar-refractivity contribution in [3.8, 4) is 0 Å². The lowest BCUT2D eigenvalue weighted by atomic mass is 9.94. The molecule has 0 saturated carbocycles. The monoisotopic (exact) mass is 265 g/mol. The molecule has 2 aromatic rings. The molecule has 2 aliphatic heterocycles. The lowest BCUT2D eigenvalue weighted by Gasteiger charge is -2.32. The average Bonchev–Trinajstić information content (AvgIpc) is 2.95. The van der Waals surface area contributed by atoms with Crippen molar-refractivity contribution in [1.29, 1.82) is 0 Å². The van der Waals surface area contributed by atoms with Gasteiger partial charge in [-0.3, -0.25) is 9.69 Å². The Kier molecular flexibility index (Phi) is 2.30. The van der Waals surface area contributed by atoms with Gasteiger partial charge in [-0.1, -0.05) is 48.5 Å². The number of rotatable bonds is 1. The summed E-state index contributed by atoms with van der Waals surface area (Å²) in [4.78, 5) is 14.5. The van der Waals surface area contributed by atoms with Crippen LogP contribution >= 0.6 is 0 Å². The third-order valence-electron chi connectivity index (χ3n) is 4.12. The van der Waals surface area contributed by atoms with Gasteiger partial charge in [0.15, 0.2) is 5.72 Å². The summed E-state index contributed by atoms with van der Waals surface area (Å²) in [5, 5.41) is 0. The molecule has 0 spiro atoms. The first-order valence-electron chi connectivity index (χ1n) is 6.88. The molecule has 100 valence electrons. The molecule has 0 bridgehead atoms. The smallest absolute Gasteiger partial charge is 0.257 e. The summed E-state index contributed by atoms with van der Waals surface area (Å²) in [6.45, 7) is 2.64. The van der Waals surface area contributed by atoms with Gasteiger partial charge in [0, 0.05) is 16.7 Å². The Bertz CT molecular complexity index is 682. The number of carbonyl (C=O) groups excluding carboxylic acids is 1. The molecule has 0 aromatic heterocycles. The Hall–Kier alpha value is -2.13. The third-order valence-corrected chi connectivity index (χ3v) is 4.12. The van der Waals surface area contributed by atoms with Gasteiger partial charge < -0.3 is 4.74 Å². The van der Waals surface area contributed by atoms with Crippen LogP contribution in [0.4, 0.5) is 0 Å². The number of amides is 1. The molecule has 0 aliphatic carbocycles. The highest BCUT2D eigenvalue weighted by Crippen LogP contribution is 2.49. The molecule has 1 saturated heterocycles. The summed E-state index contributed by atoms with van der Waals surface area (Å²) < 4.78 is 6.26. The summed E-state index contributed by atoms with van der Waals surface area (Å²) >= 11 is 0. The first-order valence-corrected chi connectivity index (χ1v) is 6.88. The lowest BCUT2D eigenvalue weighted by molar-refractivity contribution is -0.0542. The Balaban J connectivity index is 2.01. The largest absolute Gasteiger partial charge is 0.342 e. The SMILES string of the molecule is C[C@@H]1CN2C(=O)c3ccccc3C2(c2ccccc2)O1. The minimum absolute atomic E-state index is 0.0347. The zero-order valence-electron chi connectivity index (χ0n) is 11.2. The number of benzene rings is 2. The molecule has 0 N–H and O–H groups in total. The van der Waals surface area contributed by atoms with Crippen LogP contribution in [0.2, 0.25) is 0 Å².